The number of hydrogen-bond acceptors (Lipinski definition) is 5. The number of rotatable bonds is 4. The number of aromatic nitrogens is 3. The second-order valence-corrected chi connectivity index (χ2v) is 8.00. The fourth-order valence-corrected chi connectivity index (χ4v) is 3.69. The van der Waals surface area contributed by atoms with E-state index in [1.165, 1.54) is 24.3 Å². The van der Waals surface area contributed by atoms with Crippen molar-refractivity contribution in [2.24, 2.45) is 0 Å². The molecule has 0 N–H and O–H groups in total. The predicted molar refractivity (Wildman–Crippen MR) is 118 cm³/mol. The number of piperazine rings is 1. The lowest BCUT2D eigenvalue weighted by atomic mass is 10.1. The zero-order valence-corrected chi connectivity index (χ0v) is 18.0. The molecule has 0 aliphatic carbocycles. The van der Waals surface area contributed by atoms with E-state index in [-0.39, 0.29) is 17.9 Å². The Balaban J connectivity index is 1.84. The average molecular weight is 437 g/mol. The Morgan fingerprint density at radius 3 is 2.38 bits per heavy atom. The summed E-state index contributed by atoms with van der Waals surface area (Å²) in [7, 11) is 1.96. The number of amides is 1. The first kappa shape index (κ1) is 21.6. The van der Waals surface area contributed by atoms with E-state index in [2.05, 4.69) is 10.00 Å². The molecule has 0 unspecified atom stereocenters. The van der Waals surface area contributed by atoms with Crippen LogP contribution in [0, 0.1) is 12.7 Å². The van der Waals surface area contributed by atoms with E-state index >= 15 is 0 Å². The fraction of sp³-hybridized carbons (Fsp3) is 0.304. The number of aryl methyl sites for hydroxylation is 1. The van der Waals surface area contributed by atoms with Crippen LogP contribution in [-0.4, -0.2) is 63.3 Å². The molecular weight excluding hydrogens is 413 g/mol. The highest BCUT2D eigenvalue weighted by Crippen LogP contribution is 2.09. The van der Waals surface area contributed by atoms with E-state index in [9.17, 15) is 18.8 Å². The van der Waals surface area contributed by atoms with Crippen LogP contribution in [0.5, 0.6) is 0 Å². The smallest absolute Gasteiger partial charge is 0.335 e. The summed E-state index contributed by atoms with van der Waals surface area (Å²) < 4.78 is 15.4. The van der Waals surface area contributed by atoms with Gasteiger partial charge in [-0.15, -0.1) is 0 Å². The van der Waals surface area contributed by atoms with Crippen molar-refractivity contribution in [3.63, 3.8) is 0 Å². The van der Waals surface area contributed by atoms with Crippen LogP contribution >= 0.6 is 0 Å². The van der Waals surface area contributed by atoms with Crippen molar-refractivity contribution in [2.45, 2.75) is 13.5 Å². The molecule has 3 aromatic rings. The van der Waals surface area contributed by atoms with Gasteiger partial charge >= 0.3 is 5.69 Å². The molecule has 32 heavy (non-hydrogen) atoms. The Morgan fingerprint density at radius 1 is 1.03 bits per heavy atom. The van der Waals surface area contributed by atoms with Crippen LogP contribution in [0.2, 0.25) is 0 Å². The lowest BCUT2D eigenvalue weighted by molar-refractivity contribution is 0.0652. The van der Waals surface area contributed by atoms with Crippen LogP contribution in [0.25, 0.3) is 5.69 Å². The minimum atomic E-state index is -0.737. The molecule has 1 aliphatic heterocycles. The van der Waals surface area contributed by atoms with Gasteiger partial charge in [0.05, 0.1) is 12.2 Å². The monoisotopic (exact) mass is 437 g/mol. The minimum absolute atomic E-state index is 0.00786. The van der Waals surface area contributed by atoms with Crippen LogP contribution < -0.4 is 11.2 Å². The third-order valence-electron chi connectivity index (χ3n) is 5.55. The van der Waals surface area contributed by atoms with Gasteiger partial charge in [-0.2, -0.15) is 9.78 Å². The van der Waals surface area contributed by atoms with Gasteiger partial charge in [0.25, 0.3) is 11.5 Å². The molecule has 1 aliphatic rings. The summed E-state index contributed by atoms with van der Waals surface area (Å²) >= 11 is 0. The number of halogens is 1. The minimum Gasteiger partial charge on any atom is -0.335 e. The van der Waals surface area contributed by atoms with Crippen molar-refractivity contribution in [3.8, 4) is 5.69 Å². The number of likely N-dealkylation sites (N-methyl/N-ethyl adjacent to an activating group) is 1. The Kier molecular flexibility index (Phi) is 6.00. The van der Waals surface area contributed by atoms with Gasteiger partial charge in [0, 0.05) is 26.2 Å². The molecule has 1 fully saturated rings. The molecule has 0 spiro atoms. The Morgan fingerprint density at radius 2 is 1.72 bits per heavy atom. The summed E-state index contributed by atoms with van der Waals surface area (Å²) in [4.78, 5) is 43.3. The Hall–Kier alpha value is -3.59. The summed E-state index contributed by atoms with van der Waals surface area (Å²) in [6, 6.07) is 12.6. The van der Waals surface area contributed by atoms with Crippen LogP contribution in [-0.2, 0) is 6.54 Å². The summed E-state index contributed by atoms with van der Waals surface area (Å²) in [5, 5.41) is 4.13. The van der Waals surface area contributed by atoms with Crippen molar-refractivity contribution >= 4 is 5.91 Å². The van der Waals surface area contributed by atoms with Gasteiger partial charge < -0.3 is 9.80 Å². The molecule has 1 amide bonds. The van der Waals surface area contributed by atoms with Gasteiger partial charge in [0.2, 0.25) is 5.69 Å². The molecule has 0 radical (unpaired) electrons. The first-order valence-corrected chi connectivity index (χ1v) is 10.4. The molecule has 0 bridgehead atoms. The standard InChI is InChI=1S/C23H24FN5O3/c1-16-4-3-5-17(14-16)15-28-22(31)20(21(30)27-12-10-26(2)11-13-27)25-29(23(28)32)19-8-6-18(24)7-9-19/h3-9,14H,10-13,15H2,1-2H3. The average Bonchev–Trinajstić information content (AvgIpc) is 2.78. The van der Waals surface area contributed by atoms with Crippen molar-refractivity contribution in [3.05, 3.63) is 92.0 Å². The summed E-state index contributed by atoms with van der Waals surface area (Å²) in [5.41, 5.74) is 0.237. The number of hydrogen-bond donors (Lipinski definition) is 0. The van der Waals surface area contributed by atoms with Crippen LogP contribution in [0.1, 0.15) is 21.6 Å². The third-order valence-corrected chi connectivity index (χ3v) is 5.55. The molecule has 8 nitrogen and oxygen atoms in total. The van der Waals surface area contributed by atoms with Crippen molar-refractivity contribution in [2.75, 3.05) is 33.2 Å². The van der Waals surface area contributed by atoms with Crippen molar-refractivity contribution in [1.29, 1.82) is 0 Å². The van der Waals surface area contributed by atoms with Gasteiger partial charge in [0.1, 0.15) is 5.82 Å². The molecule has 4 rings (SSSR count). The quantitative estimate of drug-likeness (QED) is 0.614. The molecular formula is C23H24FN5O3. The molecule has 1 saturated heterocycles. The highest BCUT2D eigenvalue weighted by Gasteiger charge is 2.27. The first-order chi connectivity index (χ1) is 15.3. The lowest BCUT2D eigenvalue weighted by Crippen LogP contribution is -2.51. The molecule has 0 atom stereocenters. The van der Waals surface area contributed by atoms with E-state index in [1.54, 1.807) is 4.90 Å². The zero-order valence-electron chi connectivity index (χ0n) is 18.0. The maximum Gasteiger partial charge on any atom is 0.352 e. The van der Waals surface area contributed by atoms with Crippen LogP contribution in [0.4, 0.5) is 4.39 Å². The molecule has 9 heteroatoms. The van der Waals surface area contributed by atoms with Gasteiger partial charge in [-0.05, 0) is 43.8 Å². The van der Waals surface area contributed by atoms with E-state index in [1.807, 2.05) is 38.2 Å². The number of nitrogens with zero attached hydrogens (tertiary/aromatic N) is 5. The molecule has 0 saturated carbocycles. The van der Waals surface area contributed by atoms with Gasteiger partial charge in [0.15, 0.2) is 0 Å². The van der Waals surface area contributed by atoms with E-state index in [4.69, 9.17) is 0 Å². The van der Waals surface area contributed by atoms with Crippen molar-refractivity contribution < 1.29 is 9.18 Å². The van der Waals surface area contributed by atoms with Gasteiger partial charge in [-0.1, -0.05) is 29.8 Å². The third kappa shape index (κ3) is 4.38. The highest BCUT2D eigenvalue weighted by atomic mass is 19.1. The number of carbonyl (C=O) groups is 1. The second-order valence-electron chi connectivity index (χ2n) is 8.00. The maximum absolute atomic E-state index is 13.4. The molecule has 2 heterocycles. The normalized spacial score (nSPS) is 14.5. The Bertz CT molecular complexity index is 1260. The van der Waals surface area contributed by atoms with Crippen molar-refractivity contribution in [1.82, 2.24) is 24.1 Å². The first-order valence-electron chi connectivity index (χ1n) is 10.4. The summed E-state index contributed by atoms with van der Waals surface area (Å²) in [6.45, 7) is 4.19. The predicted octanol–water partition coefficient (Wildman–Crippen LogP) is 1.28. The van der Waals surface area contributed by atoms with E-state index < -0.39 is 23.0 Å². The summed E-state index contributed by atoms with van der Waals surface area (Å²) in [6.07, 6.45) is 0. The number of carbonyl (C=O) groups excluding carboxylic acids is 1. The van der Waals surface area contributed by atoms with Crippen LogP contribution in [0.3, 0.4) is 0 Å². The van der Waals surface area contributed by atoms with Crippen LogP contribution in [0.15, 0.2) is 58.1 Å². The molecule has 1 aromatic heterocycles. The largest absolute Gasteiger partial charge is 0.352 e. The Labute approximate surface area is 184 Å². The van der Waals surface area contributed by atoms with E-state index in [0.29, 0.717) is 26.2 Å². The molecule has 166 valence electrons. The summed E-state index contributed by atoms with van der Waals surface area (Å²) in [5.74, 6) is -0.986. The topological polar surface area (TPSA) is 80.4 Å². The fourth-order valence-electron chi connectivity index (χ4n) is 3.69. The zero-order chi connectivity index (χ0) is 22.8. The van der Waals surface area contributed by atoms with E-state index in [0.717, 1.165) is 20.4 Å². The highest BCUT2D eigenvalue weighted by molar-refractivity contribution is 5.92. The molecule has 2 aromatic carbocycles. The second kappa shape index (κ2) is 8.88. The SMILES string of the molecule is Cc1cccc(Cn2c(=O)c(C(=O)N3CCN(C)CC3)nn(-c3ccc(F)cc3)c2=O)c1. The maximum atomic E-state index is 13.4. The number of benzene rings is 2. The van der Waals surface area contributed by atoms with Gasteiger partial charge in [-0.25, -0.2) is 9.18 Å². The van der Waals surface area contributed by atoms with Gasteiger partial charge in [-0.3, -0.25) is 14.2 Å². The lowest BCUT2D eigenvalue weighted by Gasteiger charge is -2.32.